The van der Waals surface area contributed by atoms with Crippen molar-refractivity contribution in [3.8, 4) is 0 Å². The van der Waals surface area contributed by atoms with Crippen LogP contribution in [-0.2, 0) is 4.74 Å². The molecule has 0 aromatic heterocycles. The lowest BCUT2D eigenvalue weighted by molar-refractivity contribution is 0.0531. The van der Waals surface area contributed by atoms with Crippen LogP contribution in [0.15, 0.2) is 0 Å². The lowest BCUT2D eigenvalue weighted by atomic mass is 10.1. The highest BCUT2D eigenvalue weighted by Crippen LogP contribution is 2.36. The standard InChI is InChI=1S/C11H20N2O2S/c1-11(3-2-8-16-11)9-12-10(14)13-4-6-15-7-5-13/h2-9H2,1H3,(H,12,14). The molecule has 1 atom stereocenters. The number of nitrogens with zero attached hydrogens (tertiary/aromatic N) is 1. The van der Waals surface area contributed by atoms with Crippen molar-refractivity contribution in [1.29, 1.82) is 0 Å². The smallest absolute Gasteiger partial charge is 0.317 e. The van der Waals surface area contributed by atoms with Gasteiger partial charge in [0.25, 0.3) is 0 Å². The van der Waals surface area contributed by atoms with Gasteiger partial charge in [-0.2, -0.15) is 11.8 Å². The Morgan fingerprint density at radius 1 is 1.50 bits per heavy atom. The average molecular weight is 244 g/mol. The van der Waals surface area contributed by atoms with E-state index in [1.54, 1.807) is 0 Å². The Morgan fingerprint density at radius 2 is 2.25 bits per heavy atom. The molecule has 1 N–H and O–H groups in total. The van der Waals surface area contributed by atoms with E-state index >= 15 is 0 Å². The number of amides is 2. The molecule has 0 radical (unpaired) electrons. The van der Waals surface area contributed by atoms with Crippen LogP contribution in [0.3, 0.4) is 0 Å². The van der Waals surface area contributed by atoms with Gasteiger partial charge in [-0.15, -0.1) is 0 Å². The van der Waals surface area contributed by atoms with Crippen LogP contribution in [0.2, 0.25) is 0 Å². The molecule has 2 rings (SSSR count). The van der Waals surface area contributed by atoms with Gasteiger partial charge >= 0.3 is 6.03 Å². The van der Waals surface area contributed by atoms with E-state index < -0.39 is 0 Å². The van der Waals surface area contributed by atoms with Crippen LogP contribution in [0.5, 0.6) is 0 Å². The largest absolute Gasteiger partial charge is 0.378 e. The second kappa shape index (κ2) is 5.27. The zero-order chi connectivity index (χ0) is 11.4. The second-order valence-corrected chi connectivity index (χ2v) is 6.34. The minimum Gasteiger partial charge on any atom is -0.378 e. The second-order valence-electron chi connectivity index (χ2n) is 4.66. The fraction of sp³-hybridized carbons (Fsp3) is 0.909. The fourth-order valence-corrected chi connectivity index (χ4v) is 3.36. The molecule has 5 heteroatoms. The maximum atomic E-state index is 11.8. The summed E-state index contributed by atoms with van der Waals surface area (Å²) < 4.78 is 5.47. The molecule has 16 heavy (non-hydrogen) atoms. The molecule has 92 valence electrons. The molecule has 0 bridgehead atoms. The van der Waals surface area contributed by atoms with Gasteiger partial charge in [-0.1, -0.05) is 0 Å². The molecular weight excluding hydrogens is 224 g/mol. The van der Waals surface area contributed by atoms with Crippen molar-refractivity contribution in [2.75, 3.05) is 38.6 Å². The first-order valence-corrected chi connectivity index (χ1v) is 6.93. The van der Waals surface area contributed by atoms with Crippen LogP contribution < -0.4 is 5.32 Å². The number of ether oxygens (including phenoxy) is 1. The van der Waals surface area contributed by atoms with Gasteiger partial charge in [-0.25, -0.2) is 4.79 Å². The highest BCUT2D eigenvalue weighted by molar-refractivity contribution is 8.00. The monoisotopic (exact) mass is 244 g/mol. The number of thioether (sulfide) groups is 1. The molecule has 2 aliphatic rings. The maximum Gasteiger partial charge on any atom is 0.317 e. The van der Waals surface area contributed by atoms with Gasteiger partial charge in [0.2, 0.25) is 0 Å². The Kier molecular flexibility index (Phi) is 3.97. The van der Waals surface area contributed by atoms with E-state index in [0.29, 0.717) is 13.2 Å². The van der Waals surface area contributed by atoms with Crippen molar-refractivity contribution in [2.24, 2.45) is 0 Å². The molecule has 2 fully saturated rings. The third kappa shape index (κ3) is 3.04. The Hall–Kier alpha value is -0.420. The average Bonchev–Trinajstić information content (AvgIpc) is 2.75. The number of carbonyl (C=O) groups is 1. The maximum absolute atomic E-state index is 11.8. The Morgan fingerprint density at radius 3 is 2.88 bits per heavy atom. The minimum absolute atomic E-state index is 0.0667. The minimum atomic E-state index is 0.0667. The van der Waals surface area contributed by atoms with Crippen molar-refractivity contribution in [1.82, 2.24) is 10.2 Å². The van der Waals surface area contributed by atoms with Crippen LogP contribution in [-0.4, -0.2) is 54.3 Å². The Bertz CT molecular complexity index is 248. The van der Waals surface area contributed by atoms with Gasteiger partial charge in [0, 0.05) is 24.4 Å². The van der Waals surface area contributed by atoms with E-state index in [9.17, 15) is 4.79 Å². The van der Waals surface area contributed by atoms with Crippen molar-refractivity contribution in [3.63, 3.8) is 0 Å². The molecule has 2 heterocycles. The van der Waals surface area contributed by atoms with Gasteiger partial charge in [-0.3, -0.25) is 0 Å². The van der Waals surface area contributed by atoms with Crippen LogP contribution in [0.1, 0.15) is 19.8 Å². The first-order chi connectivity index (χ1) is 7.70. The lowest BCUT2D eigenvalue weighted by Crippen LogP contribution is -2.48. The van der Waals surface area contributed by atoms with Crippen LogP contribution >= 0.6 is 11.8 Å². The van der Waals surface area contributed by atoms with Gasteiger partial charge in [-0.05, 0) is 25.5 Å². The van der Waals surface area contributed by atoms with Gasteiger partial charge < -0.3 is 15.0 Å². The topological polar surface area (TPSA) is 41.6 Å². The van der Waals surface area contributed by atoms with Crippen molar-refractivity contribution in [2.45, 2.75) is 24.5 Å². The number of carbonyl (C=O) groups excluding carboxylic acids is 1. The predicted octanol–water partition coefficient (Wildman–Crippen LogP) is 1.31. The van der Waals surface area contributed by atoms with Gasteiger partial charge in [0.15, 0.2) is 0 Å². The molecule has 2 aliphatic heterocycles. The molecule has 0 saturated carbocycles. The van der Waals surface area contributed by atoms with Crippen molar-refractivity contribution < 1.29 is 9.53 Å². The van der Waals surface area contributed by atoms with Crippen LogP contribution in [0.4, 0.5) is 4.79 Å². The quantitative estimate of drug-likeness (QED) is 0.796. The Labute approximate surface area is 101 Å². The third-order valence-corrected chi connectivity index (χ3v) is 4.75. The van der Waals surface area contributed by atoms with E-state index in [1.165, 1.54) is 18.6 Å². The molecule has 0 aromatic carbocycles. The van der Waals surface area contributed by atoms with E-state index in [1.807, 2.05) is 16.7 Å². The van der Waals surface area contributed by atoms with E-state index in [0.717, 1.165) is 19.6 Å². The highest BCUT2D eigenvalue weighted by Gasteiger charge is 2.30. The normalized spacial score (nSPS) is 30.4. The number of hydrogen-bond acceptors (Lipinski definition) is 3. The third-order valence-electron chi connectivity index (χ3n) is 3.21. The van der Waals surface area contributed by atoms with Gasteiger partial charge in [0.1, 0.15) is 0 Å². The predicted molar refractivity (Wildman–Crippen MR) is 65.9 cm³/mol. The number of rotatable bonds is 2. The van der Waals surface area contributed by atoms with Crippen molar-refractivity contribution in [3.05, 3.63) is 0 Å². The van der Waals surface area contributed by atoms with E-state index in [4.69, 9.17) is 4.74 Å². The first kappa shape index (κ1) is 12.0. The summed E-state index contributed by atoms with van der Waals surface area (Å²) in [5.74, 6) is 1.23. The molecule has 2 amide bonds. The number of urea groups is 1. The summed E-state index contributed by atoms with van der Waals surface area (Å²) in [6, 6.07) is 0.0667. The molecule has 0 aliphatic carbocycles. The van der Waals surface area contributed by atoms with Crippen LogP contribution in [0.25, 0.3) is 0 Å². The molecule has 4 nitrogen and oxygen atoms in total. The summed E-state index contributed by atoms with van der Waals surface area (Å²) in [5, 5.41) is 3.05. The number of nitrogens with one attached hydrogen (secondary N) is 1. The summed E-state index contributed by atoms with van der Waals surface area (Å²) in [4.78, 5) is 13.7. The molecule has 0 spiro atoms. The van der Waals surface area contributed by atoms with E-state index in [2.05, 4.69) is 12.2 Å². The van der Waals surface area contributed by atoms with Crippen molar-refractivity contribution >= 4 is 17.8 Å². The lowest BCUT2D eigenvalue weighted by Gasteiger charge is -2.29. The summed E-state index contributed by atoms with van der Waals surface area (Å²) in [6.07, 6.45) is 2.48. The molecule has 2 saturated heterocycles. The highest BCUT2D eigenvalue weighted by atomic mass is 32.2. The fourth-order valence-electron chi connectivity index (χ4n) is 2.12. The number of morpholine rings is 1. The summed E-state index contributed by atoms with van der Waals surface area (Å²) >= 11 is 1.98. The SMILES string of the molecule is CC1(CNC(=O)N2CCOCC2)CCCS1. The Balaban J connectivity index is 1.74. The molecule has 1 unspecified atom stereocenters. The summed E-state index contributed by atoms with van der Waals surface area (Å²) in [7, 11) is 0. The van der Waals surface area contributed by atoms with Gasteiger partial charge in [0.05, 0.1) is 13.2 Å². The first-order valence-electron chi connectivity index (χ1n) is 5.94. The number of hydrogen-bond donors (Lipinski definition) is 1. The molecular formula is C11H20N2O2S. The zero-order valence-corrected chi connectivity index (χ0v) is 10.6. The zero-order valence-electron chi connectivity index (χ0n) is 9.83. The molecule has 0 aromatic rings. The summed E-state index contributed by atoms with van der Waals surface area (Å²) in [6.45, 7) is 5.79. The van der Waals surface area contributed by atoms with E-state index in [-0.39, 0.29) is 10.8 Å². The van der Waals surface area contributed by atoms with Crippen LogP contribution in [0, 0.1) is 0 Å². The summed E-state index contributed by atoms with van der Waals surface area (Å²) in [5.41, 5.74) is 0.